The molecule has 18 heavy (non-hydrogen) atoms. The minimum absolute atomic E-state index is 0.174. The first-order valence-corrected chi connectivity index (χ1v) is 6.06. The molecule has 0 bridgehead atoms. The molecule has 1 aliphatic carbocycles. The molecular formula is C12H18N4O2. The summed E-state index contributed by atoms with van der Waals surface area (Å²) in [5, 5.41) is 5.81. The van der Waals surface area contributed by atoms with Crippen molar-refractivity contribution >= 4 is 11.7 Å². The van der Waals surface area contributed by atoms with Crippen molar-refractivity contribution in [2.75, 3.05) is 19.5 Å². The van der Waals surface area contributed by atoms with Crippen LogP contribution in [0.3, 0.4) is 0 Å². The largest absolute Gasteiger partial charge is 0.381 e. The van der Waals surface area contributed by atoms with E-state index in [0.717, 1.165) is 19.3 Å². The van der Waals surface area contributed by atoms with Crippen LogP contribution in [0.5, 0.6) is 0 Å². The van der Waals surface area contributed by atoms with Crippen molar-refractivity contribution in [2.24, 2.45) is 0 Å². The van der Waals surface area contributed by atoms with Crippen molar-refractivity contribution in [1.29, 1.82) is 0 Å². The van der Waals surface area contributed by atoms with Crippen LogP contribution in [0.4, 0.5) is 5.82 Å². The van der Waals surface area contributed by atoms with Gasteiger partial charge in [-0.15, -0.1) is 0 Å². The van der Waals surface area contributed by atoms with Crippen LogP contribution < -0.4 is 10.6 Å². The van der Waals surface area contributed by atoms with Crippen LogP contribution in [0.2, 0.25) is 0 Å². The second-order valence-corrected chi connectivity index (χ2v) is 4.38. The third-order valence-electron chi connectivity index (χ3n) is 3.19. The van der Waals surface area contributed by atoms with E-state index in [1.807, 2.05) is 0 Å². The van der Waals surface area contributed by atoms with Gasteiger partial charge in [0.15, 0.2) is 0 Å². The lowest BCUT2D eigenvalue weighted by Gasteiger charge is -2.12. The molecule has 2 atom stereocenters. The molecular weight excluding hydrogens is 232 g/mol. The molecule has 0 radical (unpaired) electrons. The van der Waals surface area contributed by atoms with Gasteiger partial charge in [-0.25, -0.2) is 9.97 Å². The Labute approximate surface area is 106 Å². The van der Waals surface area contributed by atoms with E-state index in [0.29, 0.717) is 11.5 Å². The van der Waals surface area contributed by atoms with Gasteiger partial charge in [-0.05, 0) is 19.3 Å². The second kappa shape index (κ2) is 5.77. The monoisotopic (exact) mass is 250 g/mol. The number of aromatic nitrogens is 2. The average Bonchev–Trinajstić information content (AvgIpc) is 2.86. The highest BCUT2D eigenvalue weighted by atomic mass is 16.5. The first kappa shape index (κ1) is 12.8. The molecule has 2 unspecified atom stereocenters. The third kappa shape index (κ3) is 2.95. The van der Waals surface area contributed by atoms with Crippen LogP contribution in [-0.2, 0) is 4.74 Å². The Kier molecular flexibility index (Phi) is 4.09. The predicted molar refractivity (Wildman–Crippen MR) is 67.5 cm³/mol. The van der Waals surface area contributed by atoms with Gasteiger partial charge in [0.05, 0.1) is 18.5 Å². The Balaban J connectivity index is 1.91. The van der Waals surface area contributed by atoms with Crippen molar-refractivity contribution in [2.45, 2.75) is 31.4 Å². The summed E-state index contributed by atoms with van der Waals surface area (Å²) < 4.78 is 5.27. The van der Waals surface area contributed by atoms with Crippen LogP contribution >= 0.6 is 0 Å². The molecule has 1 aromatic rings. The molecule has 2 N–H and O–H groups in total. The number of ether oxygens (including phenoxy) is 1. The quantitative estimate of drug-likeness (QED) is 0.827. The summed E-state index contributed by atoms with van der Waals surface area (Å²) in [6.45, 7) is 0. The Morgan fingerprint density at radius 2 is 2.22 bits per heavy atom. The highest BCUT2D eigenvalue weighted by molar-refractivity contribution is 5.92. The van der Waals surface area contributed by atoms with Gasteiger partial charge >= 0.3 is 0 Å². The van der Waals surface area contributed by atoms with Gasteiger partial charge in [-0.2, -0.15) is 0 Å². The minimum atomic E-state index is -0.174. The molecule has 98 valence electrons. The van der Waals surface area contributed by atoms with Gasteiger partial charge in [0, 0.05) is 20.2 Å². The molecule has 6 nitrogen and oxygen atoms in total. The molecule has 1 amide bonds. The van der Waals surface area contributed by atoms with Crippen LogP contribution in [0.1, 0.15) is 29.8 Å². The smallest absolute Gasteiger partial charge is 0.271 e. The maximum absolute atomic E-state index is 11.9. The summed E-state index contributed by atoms with van der Waals surface area (Å²) in [5.41, 5.74) is 0.342. The number of carbonyl (C=O) groups is 1. The normalized spacial score (nSPS) is 22.8. The minimum Gasteiger partial charge on any atom is -0.381 e. The van der Waals surface area contributed by atoms with E-state index >= 15 is 0 Å². The van der Waals surface area contributed by atoms with E-state index in [4.69, 9.17) is 4.74 Å². The van der Waals surface area contributed by atoms with Crippen molar-refractivity contribution in [3.63, 3.8) is 0 Å². The molecule has 0 saturated heterocycles. The van der Waals surface area contributed by atoms with Crippen LogP contribution in [0.15, 0.2) is 12.4 Å². The second-order valence-electron chi connectivity index (χ2n) is 4.38. The van der Waals surface area contributed by atoms with Gasteiger partial charge in [-0.3, -0.25) is 4.79 Å². The SMILES string of the molecule is CNc1cnc(C(=O)NC2CCC(OC)C2)cn1. The number of nitrogens with zero attached hydrogens (tertiary/aromatic N) is 2. The Morgan fingerprint density at radius 3 is 2.78 bits per heavy atom. The summed E-state index contributed by atoms with van der Waals surface area (Å²) in [7, 11) is 3.46. The van der Waals surface area contributed by atoms with E-state index in [1.165, 1.54) is 6.20 Å². The lowest BCUT2D eigenvalue weighted by atomic mass is 10.2. The molecule has 1 aromatic heterocycles. The Hall–Kier alpha value is -1.69. The predicted octanol–water partition coefficient (Wildman–Crippen LogP) is 0.816. The Morgan fingerprint density at radius 1 is 1.39 bits per heavy atom. The van der Waals surface area contributed by atoms with Crippen molar-refractivity contribution in [3.8, 4) is 0 Å². The zero-order valence-electron chi connectivity index (χ0n) is 10.6. The van der Waals surface area contributed by atoms with Gasteiger partial charge in [0.1, 0.15) is 11.5 Å². The van der Waals surface area contributed by atoms with Crippen molar-refractivity contribution in [1.82, 2.24) is 15.3 Å². The first-order valence-electron chi connectivity index (χ1n) is 6.06. The summed E-state index contributed by atoms with van der Waals surface area (Å²) in [5.74, 6) is 0.471. The van der Waals surface area contributed by atoms with E-state index in [9.17, 15) is 4.79 Å². The molecule has 0 aliphatic heterocycles. The highest BCUT2D eigenvalue weighted by Crippen LogP contribution is 2.21. The molecule has 6 heteroatoms. The lowest BCUT2D eigenvalue weighted by Crippen LogP contribution is -2.34. The fourth-order valence-electron chi connectivity index (χ4n) is 2.12. The summed E-state index contributed by atoms with van der Waals surface area (Å²) in [6.07, 6.45) is 6.08. The topological polar surface area (TPSA) is 76.1 Å². The number of rotatable bonds is 4. The van der Waals surface area contributed by atoms with Crippen LogP contribution in [0.25, 0.3) is 0 Å². The summed E-state index contributed by atoms with van der Waals surface area (Å²) >= 11 is 0. The number of amides is 1. The van der Waals surface area contributed by atoms with E-state index in [-0.39, 0.29) is 18.1 Å². The molecule has 1 heterocycles. The van der Waals surface area contributed by atoms with Gasteiger partial charge in [0.25, 0.3) is 5.91 Å². The molecule has 1 fully saturated rings. The van der Waals surface area contributed by atoms with Crippen molar-refractivity contribution < 1.29 is 9.53 Å². The lowest BCUT2D eigenvalue weighted by molar-refractivity contribution is 0.0910. The molecule has 1 saturated carbocycles. The summed E-state index contributed by atoms with van der Waals surface area (Å²) in [4.78, 5) is 20.0. The number of hydrogen-bond acceptors (Lipinski definition) is 5. The zero-order valence-corrected chi connectivity index (χ0v) is 10.6. The van der Waals surface area contributed by atoms with Gasteiger partial charge < -0.3 is 15.4 Å². The van der Waals surface area contributed by atoms with Gasteiger partial charge in [0.2, 0.25) is 0 Å². The highest BCUT2D eigenvalue weighted by Gasteiger charge is 2.26. The standard InChI is InChI=1S/C12H18N4O2/c1-13-11-7-14-10(6-15-11)12(17)16-8-3-4-9(5-8)18-2/h6-9H,3-5H2,1-2H3,(H,13,15)(H,16,17). The van der Waals surface area contributed by atoms with Crippen molar-refractivity contribution in [3.05, 3.63) is 18.1 Å². The molecule has 1 aliphatic rings. The maximum Gasteiger partial charge on any atom is 0.271 e. The molecule has 2 rings (SSSR count). The number of anilines is 1. The van der Waals surface area contributed by atoms with E-state index in [2.05, 4.69) is 20.6 Å². The third-order valence-corrected chi connectivity index (χ3v) is 3.19. The molecule has 0 spiro atoms. The van der Waals surface area contributed by atoms with Crippen LogP contribution in [0, 0.1) is 0 Å². The number of methoxy groups -OCH3 is 1. The fraction of sp³-hybridized carbons (Fsp3) is 0.583. The zero-order chi connectivity index (χ0) is 13.0. The number of hydrogen-bond donors (Lipinski definition) is 2. The summed E-state index contributed by atoms with van der Waals surface area (Å²) in [6, 6.07) is 0.174. The number of nitrogens with one attached hydrogen (secondary N) is 2. The van der Waals surface area contributed by atoms with Gasteiger partial charge in [-0.1, -0.05) is 0 Å². The first-order chi connectivity index (χ1) is 8.72. The van der Waals surface area contributed by atoms with Crippen LogP contribution in [-0.4, -0.2) is 42.2 Å². The Bertz CT molecular complexity index is 407. The van der Waals surface area contributed by atoms with E-state index < -0.39 is 0 Å². The maximum atomic E-state index is 11.9. The number of carbonyl (C=O) groups excluding carboxylic acids is 1. The molecule has 0 aromatic carbocycles. The fourth-order valence-corrected chi connectivity index (χ4v) is 2.12. The van der Waals surface area contributed by atoms with E-state index in [1.54, 1.807) is 20.4 Å². The average molecular weight is 250 g/mol.